The predicted molar refractivity (Wildman–Crippen MR) is 95.8 cm³/mol. The summed E-state index contributed by atoms with van der Waals surface area (Å²) in [7, 11) is -3.55. The fraction of sp³-hybridized carbons (Fsp3) is 0.294. The molecule has 1 saturated heterocycles. The number of hydrogen-bond acceptors (Lipinski definition) is 4. The molecule has 8 heteroatoms. The van der Waals surface area contributed by atoms with Crippen LogP contribution in [0, 0.1) is 5.92 Å². The number of nitrogens with one attached hydrogen (secondary N) is 1. The Morgan fingerprint density at radius 3 is 2.44 bits per heavy atom. The maximum absolute atomic E-state index is 12.6. The Balaban J connectivity index is 1.60. The number of hydrogen-bond donors (Lipinski definition) is 1. The van der Waals surface area contributed by atoms with Crippen molar-refractivity contribution >= 4 is 33.2 Å². The number of rotatable bonds is 4. The van der Waals surface area contributed by atoms with Gasteiger partial charge in [-0.1, -0.05) is 11.6 Å². The molecule has 0 radical (unpaired) electrons. The minimum atomic E-state index is -3.55. The SMILES string of the molecule is O=C(Nc1ccc(Cl)cc1)C1CCN(S(=O)(=O)c2cccnc2)CC1. The first-order valence-corrected chi connectivity index (χ1v) is 9.75. The van der Waals surface area contributed by atoms with E-state index in [0.29, 0.717) is 36.6 Å². The van der Waals surface area contributed by atoms with E-state index in [4.69, 9.17) is 11.6 Å². The van der Waals surface area contributed by atoms with E-state index in [-0.39, 0.29) is 16.7 Å². The monoisotopic (exact) mass is 379 g/mol. The number of benzene rings is 1. The average Bonchev–Trinajstić information content (AvgIpc) is 2.64. The largest absolute Gasteiger partial charge is 0.326 e. The highest BCUT2D eigenvalue weighted by molar-refractivity contribution is 7.89. The van der Waals surface area contributed by atoms with Crippen molar-refractivity contribution in [1.29, 1.82) is 0 Å². The van der Waals surface area contributed by atoms with E-state index >= 15 is 0 Å². The summed E-state index contributed by atoms with van der Waals surface area (Å²) in [5.41, 5.74) is 0.680. The number of amides is 1. The predicted octanol–water partition coefficient (Wildman–Crippen LogP) is 2.77. The molecule has 6 nitrogen and oxygen atoms in total. The molecule has 1 fully saturated rings. The Morgan fingerprint density at radius 2 is 1.84 bits per heavy atom. The third-order valence-electron chi connectivity index (χ3n) is 4.21. The number of carbonyl (C=O) groups excluding carboxylic acids is 1. The summed E-state index contributed by atoms with van der Waals surface area (Å²) in [4.78, 5) is 16.4. The van der Waals surface area contributed by atoms with Crippen molar-refractivity contribution in [3.8, 4) is 0 Å². The molecule has 0 unspecified atom stereocenters. The third-order valence-corrected chi connectivity index (χ3v) is 6.34. The molecule has 0 atom stereocenters. The number of anilines is 1. The molecule has 1 aromatic heterocycles. The summed E-state index contributed by atoms with van der Waals surface area (Å²) in [6.07, 6.45) is 3.85. The van der Waals surface area contributed by atoms with Crippen LogP contribution in [-0.2, 0) is 14.8 Å². The molecular weight excluding hydrogens is 362 g/mol. The van der Waals surface area contributed by atoms with Crippen molar-refractivity contribution in [2.45, 2.75) is 17.7 Å². The number of pyridine rings is 1. The quantitative estimate of drug-likeness (QED) is 0.885. The van der Waals surface area contributed by atoms with E-state index in [1.54, 1.807) is 30.3 Å². The molecule has 0 saturated carbocycles. The van der Waals surface area contributed by atoms with Crippen LogP contribution < -0.4 is 5.32 Å². The Bertz CT molecular complexity index is 833. The second-order valence-electron chi connectivity index (χ2n) is 5.86. The van der Waals surface area contributed by atoms with Gasteiger partial charge >= 0.3 is 0 Å². The number of carbonyl (C=O) groups is 1. The van der Waals surface area contributed by atoms with E-state index in [9.17, 15) is 13.2 Å². The third kappa shape index (κ3) is 4.18. The highest BCUT2D eigenvalue weighted by Crippen LogP contribution is 2.24. The first-order chi connectivity index (χ1) is 12.0. The van der Waals surface area contributed by atoms with Crippen LogP contribution in [0.3, 0.4) is 0 Å². The number of aromatic nitrogens is 1. The molecule has 1 amide bonds. The van der Waals surface area contributed by atoms with Gasteiger partial charge in [0.15, 0.2) is 0 Å². The van der Waals surface area contributed by atoms with Crippen molar-refractivity contribution in [1.82, 2.24) is 9.29 Å². The average molecular weight is 380 g/mol. The smallest absolute Gasteiger partial charge is 0.244 e. The first-order valence-electron chi connectivity index (χ1n) is 7.93. The van der Waals surface area contributed by atoms with Gasteiger partial charge in [-0.15, -0.1) is 0 Å². The zero-order valence-corrected chi connectivity index (χ0v) is 15.0. The normalized spacial score (nSPS) is 16.5. The van der Waals surface area contributed by atoms with E-state index in [0.717, 1.165) is 0 Å². The van der Waals surface area contributed by atoms with Crippen molar-refractivity contribution < 1.29 is 13.2 Å². The maximum atomic E-state index is 12.6. The van der Waals surface area contributed by atoms with Crippen LogP contribution in [-0.4, -0.2) is 36.7 Å². The van der Waals surface area contributed by atoms with Gasteiger partial charge in [0.1, 0.15) is 4.90 Å². The van der Waals surface area contributed by atoms with Crippen LogP contribution in [0.5, 0.6) is 0 Å². The fourth-order valence-corrected chi connectivity index (χ4v) is 4.34. The Kier molecular flexibility index (Phi) is 5.36. The van der Waals surface area contributed by atoms with Gasteiger partial charge in [-0.3, -0.25) is 9.78 Å². The lowest BCUT2D eigenvalue weighted by Gasteiger charge is -2.30. The molecule has 0 bridgehead atoms. The summed E-state index contributed by atoms with van der Waals surface area (Å²) in [6, 6.07) is 10.0. The van der Waals surface area contributed by atoms with Crippen molar-refractivity contribution in [3.63, 3.8) is 0 Å². The molecule has 1 aromatic carbocycles. The second kappa shape index (κ2) is 7.51. The van der Waals surface area contributed by atoms with Crippen LogP contribution in [0.2, 0.25) is 5.02 Å². The highest BCUT2D eigenvalue weighted by Gasteiger charge is 2.32. The van der Waals surface area contributed by atoms with Gasteiger partial charge in [-0.2, -0.15) is 4.31 Å². The summed E-state index contributed by atoms with van der Waals surface area (Å²) in [5, 5.41) is 3.45. The van der Waals surface area contributed by atoms with E-state index in [1.165, 1.54) is 22.8 Å². The Labute approximate surface area is 151 Å². The van der Waals surface area contributed by atoms with E-state index in [1.807, 2.05) is 0 Å². The molecule has 25 heavy (non-hydrogen) atoms. The van der Waals surface area contributed by atoms with Crippen molar-refractivity contribution in [2.75, 3.05) is 18.4 Å². The number of halogens is 1. The van der Waals surface area contributed by atoms with Crippen molar-refractivity contribution in [3.05, 3.63) is 53.8 Å². The summed E-state index contributed by atoms with van der Waals surface area (Å²) < 4.78 is 26.5. The van der Waals surface area contributed by atoms with Gasteiger partial charge in [-0.25, -0.2) is 8.42 Å². The van der Waals surface area contributed by atoms with Crippen LogP contribution in [0.15, 0.2) is 53.7 Å². The van der Waals surface area contributed by atoms with E-state index < -0.39 is 10.0 Å². The first kappa shape index (κ1) is 17.8. The van der Waals surface area contributed by atoms with Gasteiger partial charge in [0.25, 0.3) is 0 Å². The maximum Gasteiger partial charge on any atom is 0.244 e. The molecule has 132 valence electrons. The second-order valence-corrected chi connectivity index (χ2v) is 8.24. The standard InChI is InChI=1S/C17H18ClN3O3S/c18-14-3-5-15(6-4-14)20-17(22)13-7-10-21(11-8-13)25(23,24)16-2-1-9-19-12-16/h1-6,9,12-13H,7-8,10-11H2,(H,20,22). The van der Waals surface area contributed by atoms with Crippen molar-refractivity contribution in [2.24, 2.45) is 5.92 Å². The molecule has 0 spiro atoms. The number of piperidine rings is 1. The topological polar surface area (TPSA) is 79.4 Å². The van der Waals surface area contributed by atoms with Gasteiger partial charge < -0.3 is 5.32 Å². The highest BCUT2D eigenvalue weighted by atomic mass is 35.5. The van der Waals surface area contributed by atoms with Crippen LogP contribution in [0.1, 0.15) is 12.8 Å². The zero-order chi connectivity index (χ0) is 17.9. The molecule has 1 aliphatic rings. The summed E-state index contributed by atoms with van der Waals surface area (Å²) in [6.45, 7) is 0.631. The molecule has 2 heterocycles. The van der Waals surface area contributed by atoms with Crippen LogP contribution >= 0.6 is 11.6 Å². The molecular formula is C17H18ClN3O3S. The van der Waals surface area contributed by atoms with E-state index in [2.05, 4.69) is 10.3 Å². The molecule has 0 aliphatic carbocycles. The number of sulfonamides is 1. The van der Waals surface area contributed by atoms with Gasteiger partial charge in [0.05, 0.1) is 0 Å². The summed E-state index contributed by atoms with van der Waals surface area (Å²) >= 11 is 5.83. The fourth-order valence-electron chi connectivity index (χ4n) is 2.78. The molecule has 1 N–H and O–H groups in total. The van der Waals surface area contributed by atoms with Crippen LogP contribution in [0.4, 0.5) is 5.69 Å². The zero-order valence-electron chi connectivity index (χ0n) is 13.4. The van der Waals surface area contributed by atoms with Gasteiger partial charge in [0, 0.05) is 42.1 Å². The lowest BCUT2D eigenvalue weighted by molar-refractivity contribution is -0.120. The lowest BCUT2D eigenvalue weighted by atomic mass is 9.97. The Morgan fingerprint density at radius 1 is 1.16 bits per heavy atom. The number of nitrogens with zero attached hydrogens (tertiary/aromatic N) is 2. The minimum Gasteiger partial charge on any atom is -0.326 e. The minimum absolute atomic E-state index is 0.0965. The molecule has 1 aliphatic heterocycles. The van der Waals surface area contributed by atoms with Crippen LogP contribution in [0.25, 0.3) is 0 Å². The lowest BCUT2D eigenvalue weighted by Crippen LogP contribution is -2.41. The molecule has 3 rings (SSSR count). The molecule has 2 aromatic rings. The van der Waals surface area contributed by atoms with Gasteiger partial charge in [0.2, 0.25) is 15.9 Å². The Hall–Kier alpha value is -1.96. The summed E-state index contributed by atoms with van der Waals surface area (Å²) in [5.74, 6) is -0.309. The van der Waals surface area contributed by atoms with Gasteiger partial charge in [-0.05, 0) is 49.2 Å².